The lowest BCUT2D eigenvalue weighted by Gasteiger charge is -2.10. The van der Waals surface area contributed by atoms with Crippen LogP contribution < -0.4 is 20.1 Å². The largest absolute Gasteiger partial charge is 0.481 e. The molecule has 2 rings (SSSR count). The van der Waals surface area contributed by atoms with Gasteiger partial charge in [-0.15, -0.1) is 0 Å². The number of aliphatic carboxylic acids is 1. The van der Waals surface area contributed by atoms with Crippen LogP contribution in [0.5, 0.6) is 11.5 Å². The molecule has 26 heavy (non-hydrogen) atoms. The molecule has 0 aliphatic carbocycles. The third-order valence-corrected chi connectivity index (χ3v) is 3.62. The fraction of sp³-hybridized carbons (Fsp3) is 0.389. The molecule has 1 heterocycles. The van der Waals surface area contributed by atoms with Crippen molar-refractivity contribution in [1.29, 1.82) is 0 Å². The molecule has 1 aromatic carbocycles. The number of hydrogen-bond donors (Lipinski definition) is 3. The number of fused-ring (bicyclic) bond motifs is 1. The summed E-state index contributed by atoms with van der Waals surface area (Å²) < 4.78 is 10.5. The number of hydrogen-bond acceptors (Lipinski definition) is 5. The van der Waals surface area contributed by atoms with E-state index in [1.807, 2.05) is 0 Å². The number of benzene rings is 1. The van der Waals surface area contributed by atoms with Gasteiger partial charge in [-0.25, -0.2) is 0 Å². The zero-order valence-electron chi connectivity index (χ0n) is 14.5. The molecule has 8 nitrogen and oxygen atoms in total. The van der Waals surface area contributed by atoms with Crippen LogP contribution in [0.3, 0.4) is 0 Å². The number of rotatable bonds is 9. The van der Waals surface area contributed by atoms with Crippen LogP contribution >= 0.6 is 0 Å². The van der Waals surface area contributed by atoms with E-state index in [2.05, 4.69) is 10.6 Å². The fourth-order valence-electron chi connectivity index (χ4n) is 2.39. The highest BCUT2D eigenvalue weighted by Crippen LogP contribution is 2.32. The van der Waals surface area contributed by atoms with E-state index >= 15 is 0 Å². The maximum Gasteiger partial charge on any atom is 0.303 e. The number of carboxylic acid groups (broad SMARTS) is 1. The Kier molecular flexibility index (Phi) is 7.02. The van der Waals surface area contributed by atoms with Crippen molar-refractivity contribution in [2.75, 3.05) is 13.3 Å². The highest BCUT2D eigenvalue weighted by atomic mass is 16.7. The molecule has 0 aromatic heterocycles. The molecule has 1 aromatic rings. The molecule has 0 radical (unpaired) electrons. The van der Waals surface area contributed by atoms with E-state index in [-0.39, 0.29) is 24.8 Å². The van der Waals surface area contributed by atoms with Crippen molar-refractivity contribution >= 4 is 23.9 Å². The van der Waals surface area contributed by atoms with Crippen LogP contribution in [0.1, 0.15) is 38.2 Å². The number of nitrogens with one attached hydrogen (secondary N) is 2. The summed E-state index contributed by atoms with van der Waals surface area (Å²) in [6.07, 6.45) is 3.61. The third-order valence-electron chi connectivity index (χ3n) is 3.62. The molecule has 0 atom stereocenters. The van der Waals surface area contributed by atoms with Gasteiger partial charge >= 0.3 is 5.97 Å². The van der Waals surface area contributed by atoms with Gasteiger partial charge in [-0.1, -0.05) is 12.5 Å². The summed E-state index contributed by atoms with van der Waals surface area (Å²) in [5, 5.41) is 13.8. The molecule has 1 aliphatic heterocycles. The first-order chi connectivity index (χ1) is 12.5. The number of unbranched alkanes of at least 4 members (excludes halogenated alkanes) is 2. The fourth-order valence-corrected chi connectivity index (χ4v) is 2.39. The van der Waals surface area contributed by atoms with Gasteiger partial charge in [0.05, 0.1) is 0 Å². The molecule has 1 aliphatic rings. The Morgan fingerprint density at radius 1 is 1.15 bits per heavy atom. The smallest absolute Gasteiger partial charge is 0.303 e. The quantitative estimate of drug-likeness (QED) is 0.455. The molecule has 2 amide bonds. The van der Waals surface area contributed by atoms with E-state index in [0.717, 1.165) is 0 Å². The number of carbonyl (C=O) groups excluding carboxylic acids is 2. The van der Waals surface area contributed by atoms with Gasteiger partial charge in [0.2, 0.25) is 12.7 Å². The molecule has 8 heteroatoms. The van der Waals surface area contributed by atoms with Gasteiger partial charge in [0, 0.05) is 19.9 Å². The summed E-state index contributed by atoms with van der Waals surface area (Å²) in [4.78, 5) is 34.1. The van der Waals surface area contributed by atoms with Gasteiger partial charge in [0.25, 0.3) is 5.91 Å². The predicted molar refractivity (Wildman–Crippen MR) is 93.5 cm³/mol. The average Bonchev–Trinajstić information content (AvgIpc) is 3.04. The van der Waals surface area contributed by atoms with E-state index in [4.69, 9.17) is 14.6 Å². The maximum absolute atomic E-state index is 12.3. The minimum Gasteiger partial charge on any atom is -0.481 e. The summed E-state index contributed by atoms with van der Waals surface area (Å²) in [7, 11) is 0. The third kappa shape index (κ3) is 6.12. The highest BCUT2D eigenvalue weighted by Gasteiger charge is 2.15. The maximum atomic E-state index is 12.3. The number of ether oxygens (including phenoxy) is 2. The van der Waals surface area contributed by atoms with Gasteiger partial charge in [0.1, 0.15) is 5.70 Å². The lowest BCUT2D eigenvalue weighted by Crippen LogP contribution is -2.34. The minimum absolute atomic E-state index is 0.120. The van der Waals surface area contributed by atoms with Crippen molar-refractivity contribution in [3.63, 3.8) is 0 Å². The molecule has 140 valence electrons. The topological polar surface area (TPSA) is 114 Å². The summed E-state index contributed by atoms with van der Waals surface area (Å²) in [5.41, 5.74) is 0.816. The average molecular weight is 362 g/mol. The highest BCUT2D eigenvalue weighted by molar-refractivity contribution is 6.00. The van der Waals surface area contributed by atoms with Crippen LogP contribution in [-0.4, -0.2) is 36.2 Å². The van der Waals surface area contributed by atoms with Crippen molar-refractivity contribution in [1.82, 2.24) is 10.6 Å². The number of carbonyl (C=O) groups is 3. The molecule has 0 bridgehead atoms. The van der Waals surface area contributed by atoms with Gasteiger partial charge in [0.15, 0.2) is 11.5 Å². The SMILES string of the molecule is CC(=O)N/C(=C/c1ccc2c(c1)OCO2)C(=O)NCCCCCC(=O)O. The Morgan fingerprint density at radius 3 is 2.65 bits per heavy atom. The summed E-state index contributed by atoms with van der Waals surface area (Å²) in [6.45, 7) is 1.88. The molecular weight excluding hydrogens is 340 g/mol. The van der Waals surface area contributed by atoms with E-state index in [9.17, 15) is 14.4 Å². The second kappa shape index (κ2) is 9.45. The summed E-state index contributed by atoms with van der Waals surface area (Å²) in [6, 6.07) is 5.22. The predicted octanol–water partition coefficient (Wildman–Crippen LogP) is 1.65. The lowest BCUT2D eigenvalue weighted by molar-refractivity contribution is -0.137. The Hall–Kier alpha value is -3.03. The van der Waals surface area contributed by atoms with Crippen LogP contribution in [0.2, 0.25) is 0 Å². The molecule has 0 spiro atoms. The minimum atomic E-state index is -0.825. The normalized spacial score (nSPS) is 12.6. The number of amides is 2. The molecule has 0 saturated heterocycles. The zero-order valence-corrected chi connectivity index (χ0v) is 14.5. The summed E-state index contributed by atoms with van der Waals surface area (Å²) in [5.74, 6) is -0.368. The second-order valence-corrected chi connectivity index (χ2v) is 5.81. The van der Waals surface area contributed by atoms with E-state index in [1.54, 1.807) is 24.3 Å². The molecule has 0 saturated carbocycles. The first kappa shape index (κ1) is 19.3. The number of carboxylic acids is 1. The van der Waals surface area contributed by atoms with E-state index in [0.29, 0.717) is 42.9 Å². The van der Waals surface area contributed by atoms with E-state index < -0.39 is 11.9 Å². The van der Waals surface area contributed by atoms with Crippen LogP contribution in [0, 0.1) is 0 Å². The van der Waals surface area contributed by atoms with Gasteiger partial charge in [-0.2, -0.15) is 0 Å². The van der Waals surface area contributed by atoms with Crippen molar-refractivity contribution < 1.29 is 29.0 Å². The Labute approximate surface area is 151 Å². The Morgan fingerprint density at radius 2 is 1.92 bits per heavy atom. The Bertz CT molecular complexity index is 714. The molecule has 0 unspecified atom stereocenters. The van der Waals surface area contributed by atoms with Gasteiger partial charge in [-0.3, -0.25) is 14.4 Å². The van der Waals surface area contributed by atoms with E-state index in [1.165, 1.54) is 6.92 Å². The lowest BCUT2D eigenvalue weighted by atomic mass is 10.1. The van der Waals surface area contributed by atoms with Crippen LogP contribution in [0.4, 0.5) is 0 Å². The zero-order chi connectivity index (χ0) is 18.9. The molecular formula is C18H22N2O6. The van der Waals surface area contributed by atoms with Crippen LogP contribution in [0.25, 0.3) is 6.08 Å². The van der Waals surface area contributed by atoms with Crippen molar-refractivity contribution in [3.05, 3.63) is 29.5 Å². The first-order valence-electron chi connectivity index (χ1n) is 8.34. The van der Waals surface area contributed by atoms with Crippen LogP contribution in [-0.2, 0) is 14.4 Å². The first-order valence-corrected chi connectivity index (χ1v) is 8.34. The van der Waals surface area contributed by atoms with Crippen LogP contribution in [0.15, 0.2) is 23.9 Å². The summed E-state index contributed by atoms with van der Waals surface area (Å²) >= 11 is 0. The molecule has 0 fully saturated rings. The van der Waals surface area contributed by atoms with Gasteiger partial charge in [-0.05, 0) is 36.6 Å². The van der Waals surface area contributed by atoms with Crippen molar-refractivity contribution in [2.24, 2.45) is 0 Å². The second-order valence-electron chi connectivity index (χ2n) is 5.81. The Balaban J connectivity index is 1.94. The van der Waals surface area contributed by atoms with Crippen molar-refractivity contribution in [3.8, 4) is 11.5 Å². The standard InChI is InChI=1S/C18H22N2O6/c1-12(21)20-14(18(24)19-8-4-2-3-5-17(22)23)9-13-6-7-15-16(10-13)26-11-25-15/h6-7,9-10H,2-5,8,11H2,1H3,(H,19,24)(H,20,21)(H,22,23)/b14-9+. The van der Waals surface area contributed by atoms with Crippen molar-refractivity contribution in [2.45, 2.75) is 32.6 Å². The monoisotopic (exact) mass is 362 g/mol. The van der Waals surface area contributed by atoms with Gasteiger partial charge < -0.3 is 25.2 Å². The molecule has 3 N–H and O–H groups in total.